The Morgan fingerprint density at radius 3 is 3.00 bits per heavy atom. The van der Waals surface area contributed by atoms with Gasteiger partial charge in [0.2, 0.25) is 0 Å². The van der Waals surface area contributed by atoms with Gasteiger partial charge in [-0.25, -0.2) is 4.98 Å². The minimum absolute atomic E-state index is 0.769. The molecule has 0 saturated heterocycles. The summed E-state index contributed by atoms with van der Waals surface area (Å²) in [4.78, 5) is 4.17. The van der Waals surface area contributed by atoms with Crippen LogP contribution in [0.15, 0.2) is 22.1 Å². The third-order valence-electron chi connectivity index (χ3n) is 1.39. The van der Waals surface area contributed by atoms with Crippen molar-refractivity contribution >= 4 is 49.1 Å². The first-order valence-electron chi connectivity index (χ1n) is 2.96. The second-order valence-electron chi connectivity index (χ2n) is 2.06. The molecule has 0 atom stereocenters. The number of nitrogens with zero attached hydrogens (tertiary/aromatic N) is 1. The van der Waals surface area contributed by atoms with Gasteiger partial charge in [-0.2, -0.15) is 0 Å². The van der Waals surface area contributed by atoms with Crippen LogP contribution in [0.25, 0.3) is 10.2 Å². The molecule has 0 amide bonds. The molecule has 1 aromatic heterocycles. The third kappa shape index (κ3) is 1.17. The van der Waals surface area contributed by atoms with E-state index in [1.807, 2.05) is 12.1 Å². The molecule has 0 saturated carbocycles. The molecule has 1 nitrogen and oxygen atoms in total. The molecule has 0 N–H and O–H groups in total. The number of rotatable bonds is 0. The van der Waals surface area contributed by atoms with Crippen LogP contribution < -0.4 is 0 Å². The average molecular weight is 249 g/mol. The monoisotopic (exact) mass is 247 g/mol. The average Bonchev–Trinajstić information content (AvgIpc) is 2.45. The highest BCUT2D eigenvalue weighted by atomic mass is 79.9. The fourth-order valence-corrected chi connectivity index (χ4v) is 2.46. The molecule has 11 heavy (non-hydrogen) atoms. The number of aromatic nitrogens is 1. The highest BCUT2D eigenvalue weighted by molar-refractivity contribution is 9.10. The molecule has 0 bridgehead atoms. The molecule has 0 fully saturated rings. The molecular weight excluding hydrogens is 246 g/mol. The Morgan fingerprint density at radius 1 is 1.45 bits per heavy atom. The lowest BCUT2D eigenvalue weighted by molar-refractivity contribution is 1.49. The standard InChI is InChI=1S/C7H3BrClNS/c8-4-1-2-5(9)7-6(4)10-3-11-7/h1-3H. The molecule has 0 aliphatic carbocycles. The van der Waals surface area contributed by atoms with Crippen molar-refractivity contribution in [1.29, 1.82) is 0 Å². The van der Waals surface area contributed by atoms with Crippen molar-refractivity contribution < 1.29 is 0 Å². The summed E-state index contributed by atoms with van der Waals surface area (Å²) in [6, 6.07) is 3.77. The summed E-state index contributed by atoms with van der Waals surface area (Å²) < 4.78 is 2.04. The van der Waals surface area contributed by atoms with Crippen LogP contribution in [-0.4, -0.2) is 4.98 Å². The summed E-state index contributed by atoms with van der Waals surface area (Å²) in [5, 5.41) is 0.769. The summed E-state index contributed by atoms with van der Waals surface area (Å²) in [7, 11) is 0. The lowest BCUT2D eigenvalue weighted by Gasteiger charge is -1.93. The van der Waals surface area contributed by atoms with Crippen LogP contribution in [0.5, 0.6) is 0 Å². The maximum atomic E-state index is 5.92. The molecular formula is C7H3BrClNS. The van der Waals surface area contributed by atoms with E-state index in [9.17, 15) is 0 Å². The Labute approximate surface area is 81.1 Å². The van der Waals surface area contributed by atoms with E-state index >= 15 is 0 Å². The second kappa shape index (κ2) is 2.73. The molecule has 0 aliphatic rings. The Bertz CT molecular complexity index is 362. The summed E-state index contributed by atoms with van der Waals surface area (Å²) in [6.07, 6.45) is 0. The van der Waals surface area contributed by atoms with Gasteiger partial charge < -0.3 is 0 Å². The molecule has 0 spiro atoms. The van der Waals surface area contributed by atoms with Gasteiger partial charge in [-0.1, -0.05) is 11.6 Å². The number of halogens is 2. The number of benzene rings is 1. The maximum absolute atomic E-state index is 5.92. The van der Waals surface area contributed by atoms with E-state index in [-0.39, 0.29) is 0 Å². The van der Waals surface area contributed by atoms with E-state index in [0.29, 0.717) is 0 Å². The molecule has 1 aromatic carbocycles. The van der Waals surface area contributed by atoms with Gasteiger partial charge in [-0.3, -0.25) is 0 Å². The predicted molar refractivity (Wildman–Crippen MR) is 52.3 cm³/mol. The van der Waals surface area contributed by atoms with E-state index in [1.165, 1.54) is 0 Å². The molecule has 4 heteroatoms. The summed E-state index contributed by atoms with van der Waals surface area (Å²) >= 11 is 10.9. The minimum atomic E-state index is 0.769. The zero-order valence-electron chi connectivity index (χ0n) is 5.34. The van der Waals surface area contributed by atoms with Gasteiger partial charge in [0.1, 0.15) is 0 Å². The van der Waals surface area contributed by atoms with Crippen molar-refractivity contribution in [2.75, 3.05) is 0 Å². The Hall–Kier alpha value is -0.120. The van der Waals surface area contributed by atoms with E-state index in [0.717, 1.165) is 19.7 Å². The van der Waals surface area contributed by atoms with Crippen molar-refractivity contribution in [3.63, 3.8) is 0 Å². The quantitative estimate of drug-likeness (QED) is 0.692. The molecule has 2 aromatic rings. The Morgan fingerprint density at radius 2 is 2.27 bits per heavy atom. The lowest BCUT2D eigenvalue weighted by atomic mass is 10.3. The molecule has 56 valence electrons. The molecule has 1 heterocycles. The van der Waals surface area contributed by atoms with Crippen LogP contribution >= 0.6 is 38.9 Å². The summed E-state index contributed by atoms with van der Waals surface area (Å²) in [5.74, 6) is 0. The van der Waals surface area contributed by atoms with Crippen LogP contribution in [-0.2, 0) is 0 Å². The third-order valence-corrected chi connectivity index (χ3v) is 3.31. The van der Waals surface area contributed by atoms with E-state index in [2.05, 4.69) is 20.9 Å². The Kier molecular flexibility index (Phi) is 1.87. The van der Waals surface area contributed by atoms with Crippen molar-refractivity contribution in [2.24, 2.45) is 0 Å². The topological polar surface area (TPSA) is 12.9 Å². The Balaban J connectivity index is 2.96. The number of thiazole rings is 1. The highest BCUT2D eigenvalue weighted by Crippen LogP contribution is 2.31. The van der Waals surface area contributed by atoms with Gasteiger partial charge in [0.05, 0.1) is 20.7 Å². The zero-order valence-corrected chi connectivity index (χ0v) is 8.50. The summed E-state index contributed by atoms with van der Waals surface area (Å²) in [5.41, 5.74) is 2.74. The van der Waals surface area contributed by atoms with Crippen molar-refractivity contribution in [1.82, 2.24) is 4.98 Å². The normalized spacial score (nSPS) is 10.7. The van der Waals surface area contributed by atoms with Gasteiger partial charge in [-0.15, -0.1) is 11.3 Å². The van der Waals surface area contributed by atoms with Crippen molar-refractivity contribution in [3.8, 4) is 0 Å². The smallest absolute Gasteiger partial charge is 0.0969 e. The number of fused-ring (bicyclic) bond motifs is 1. The fraction of sp³-hybridized carbons (Fsp3) is 0. The van der Waals surface area contributed by atoms with E-state index < -0.39 is 0 Å². The summed E-state index contributed by atoms with van der Waals surface area (Å²) in [6.45, 7) is 0. The molecule has 2 rings (SSSR count). The van der Waals surface area contributed by atoms with Crippen LogP contribution in [0.2, 0.25) is 5.02 Å². The zero-order chi connectivity index (χ0) is 7.84. The van der Waals surface area contributed by atoms with Gasteiger partial charge in [0, 0.05) is 4.47 Å². The van der Waals surface area contributed by atoms with E-state index in [4.69, 9.17) is 11.6 Å². The van der Waals surface area contributed by atoms with Crippen LogP contribution in [0, 0.1) is 0 Å². The van der Waals surface area contributed by atoms with Crippen molar-refractivity contribution in [2.45, 2.75) is 0 Å². The molecule has 0 unspecified atom stereocenters. The largest absolute Gasteiger partial charge is 0.243 e. The maximum Gasteiger partial charge on any atom is 0.0969 e. The first kappa shape index (κ1) is 7.53. The van der Waals surface area contributed by atoms with Crippen molar-refractivity contribution in [3.05, 3.63) is 27.1 Å². The van der Waals surface area contributed by atoms with Gasteiger partial charge in [0.15, 0.2) is 0 Å². The van der Waals surface area contributed by atoms with Crippen LogP contribution in [0.3, 0.4) is 0 Å². The lowest BCUT2D eigenvalue weighted by Crippen LogP contribution is -1.70. The minimum Gasteiger partial charge on any atom is -0.243 e. The van der Waals surface area contributed by atoms with E-state index in [1.54, 1.807) is 16.8 Å². The SMILES string of the molecule is Clc1ccc(Br)c2ncsc12. The fourth-order valence-electron chi connectivity index (χ4n) is 0.887. The number of hydrogen-bond donors (Lipinski definition) is 0. The van der Waals surface area contributed by atoms with Gasteiger partial charge in [0.25, 0.3) is 0 Å². The van der Waals surface area contributed by atoms with Crippen LogP contribution in [0.1, 0.15) is 0 Å². The number of hydrogen-bond acceptors (Lipinski definition) is 2. The first-order valence-corrected chi connectivity index (χ1v) is 5.01. The first-order chi connectivity index (χ1) is 5.29. The molecule has 0 radical (unpaired) electrons. The molecule has 0 aliphatic heterocycles. The van der Waals surface area contributed by atoms with Gasteiger partial charge in [-0.05, 0) is 28.1 Å². The second-order valence-corrected chi connectivity index (χ2v) is 4.18. The van der Waals surface area contributed by atoms with Crippen LogP contribution in [0.4, 0.5) is 0 Å². The highest BCUT2D eigenvalue weighted by Gasteiger charge is 2.04. The predicted octanol–water partition coefficient (Wildman–Crippen LogP) is 3.71. The van der Waals surface area contributed by atoms with Gasteiger partial charge >= 0.3 is 0 Å².